The van der Waals surface area contributed by atoms with Crippen molar-refractivity contribution in [2.45, 2.75) is 25.4 Å². The predicted molar refractivity (Wildman–Crippen MR) is 92.2 cm³/mol. The first-order valence-electron chi connectivity index (χ1n) is 7.70. The summed E-state index contributed by atoms with van der Waals surface area (Å²) in [6, 6.07) is 13.9. The van der Waals surface area contributed by atoms with Crippen molar-refractivity contribution in [2.24, 2.45) is 0 Å². The van der Waals surface area contributed by atoms with Crippen LogP contribution in [0.5, 0.6) is 0 Å². The maximum atomic E-state index is 13.0. The second-order valence-electron chi connectivity index (χ2n) is 5.82. The second kappa shape index (κ2) is 5.81. The van der Waals surface area contributed by atoms with Crippen LogP contribution in [0.3, 0.4) is 0 Å². The minimum atomic E-state index is 0.0749. The van der Waals surface area contributed by atoms with Crippen LogP contribution in [0.2, 0.25) is 0 Å². The molecule has 3 aromatic rings. The van der Waals surface area contributed by atoms with Gasteiger partial charge in [0.15, 0.2) is 0 Å². The Morgan fingerprint density at radius 3 is 2.78 bits per heavy atom. The summed E-state index contributed by atoms with van der Waals surface area (Å²) in [5.41, 5.74) is 2.66. The van der Waals surface area contributed by atoms with Crippen molar-refractivity contribution < 1.29 is 4.79 Å². The molecule has 1 aromatic carbocycles. The summed E-state index contributed by atoms with van der Waals surface area (Å²) in [4.78, 5) is 19.4. The first-order valence-corrected chi connectivity index (χ1v) is 8.50. The number of amides is 1. The van der Waals surface area contributed by atoms with Crippen LogP contribution in [-0.2, 0) is 6.54 Å². The average Bonchev–Trinajstić information content (AvgIpc) is 3.33. The normalized spacial score (nSPS) is 14.1. The van der Waals surface area contributed by atoms with Crippen LogP contribution in [0.25, 0.3) is 5.65 Å². The SMILES string of the molecule is O=C(c1ccccc1Br)N(Cc1cnc2ccccn12)C1CC1. The van der Waals surface area contributed by atoms with Gasteiger partial charge in [0.25, 0.3) is 5.91 Å². The summed E-state index contributed by atoms with van der Waals surface area (Å²) in [6.07, 6.45) is 6.00. The Morgan fingerprint density at radius 2 is 2.00 bits per heavy atom. The molecule has 0 unspecified atom stereocenters. The molecule has 0 spiro atoms. The third kappa shape index (κ3) is 2.77. The molecule has 5 heteroatoms. The standard InChI is InChI=1S/C18H16BrN3O/c19-16-6-2-1-5-15(16)18(23)22(13-8-9-13)12-14-11-20-17-7-3-4-10-21(14)17/h1-7,10-11,13H,8-9,12H2. The van der Waals surface area contributed by atoms with Crippen LogP contribution in [0.1, 0.15) is 28.9 Å². The zero-order chi connectivity index (χ0) is 15.8. The lowest BCUT2D eigenvalue weighted by atomic mass is 10.2. The third-order valence-corrected chi connectivity index (χ3v) is 4.87. The Labute approximate surface area is 142 Å². The van der Waals surface area contributed by atoms with E-state index in [-0.39, 0.29) is 5.91 Å². The van der Waals surface area contributed by atoms with E-state index < -0.39 is 0 Å². The monoisotopic (exact) mass is 369 g/mol. The summed E-state index contributed by atoms with van der Waals surface area (Å²) in [5.74, 6) is 0.0749. The maximum Gasteiger partial charge on any atom is 0.255 e. The smallest absolute Gasteiger partial charge is 0.255 e. The van der Waals surface area contributed by atoms with Gasteiger partial charge >= 0.3 is 0 Å². The van der Waals surface area contributed by atoms with E-state index in [9.17, 15) is 4.79 Å². The van der Waals surface area contributed by atoms with Gasteiger partial charge < -0.3 is 9.30 Å². The van der Waals surface area contributed by atoms with E-state index in [0.717, 1.165) is 28.7 Å². The Morgan fingerprint density at radius 1 is 1.22 bits per heavy atom. The zero-order valence-electron chi connectivity index (χ0n) is 12.5. The molecular weight excluding hydrogens is 354 g/mol. The fourth-order valence-electron chi connectivity index (χ4n) is 2.82. The van der Waals surface area contributed by atoms with Crippen molar-refractivity contribution in [1.82, 2.24) is 14.3 Å². The number of halogens is 1. The summed E-state index contributed by atoms with van der Waals surface area (Å²) < 4.78 is 2.89. The van der Waals surface area contributed by atoms with E-state index in [1.54, 1.807) is 0 Å². The van der Waals surface area contributed by atoms with Crippen molar-refractivity contribution in [3.63, 3.8) is 0 Å². The van der Waals surface area contributed by atoms with E-state index in [4.69, 9.17) is 0 Å². The number of hydrogen-bond acceptors (Lipinski definition) is 2. The number of fused-ring (bicyclic) bond motifs is 1. The van der Waals surface area contributed by atoms with Crippen molar-refractivity contribution in [3.05, 3.63) is 70.6 Å². The molecule has 1 fully saturated rings. The van der Waals surface area contributed by atoms with E-state index in [1.165, 1.54) is 0 Å². The minimum absolute atomic E-state index is 0.0749. The van der Waals surface area contributed by atoms with Crippen LogP contribution >= 0.6 is 15.9 Å². The fraction of sp³-hybridized carbons (Fsp3) is 0.222. The molecule has 2 aromatic heterocycles. The van der Waals surface area contributed by atoms with Gasteiger partial charge in [-0.2, -0.15) is 0 Å². The highest BCUT2D eigenvalue weighted by atomic mass is 79.9. The van der Waals surface area contributed by atoms with E-state index in [2.05, 4.69) is 20.9 Å². The predicted octanol–water partition coefficient (Wildman–Crippen LogP) is 3.90. The molecule has 0 N–H and O–H groups in total. The van der Waals surface area contributed by atoms with Gasteiger partial charge in [0.1, 0.15) is 5.65 Å². The Balaban J connectivity index is 1.66. The van der Waals surface area contributed by atoms with Gasteiger partial charge in [-0.3, -0.25) is 4.79 Å². The highest BCUT2D eigenvalue weighted by Gasteiger charge is 2.34. The lowest BCUT2D eigenvalue weighted by molar-refractivity contribution is 0.0726. The van der Waals surface area contributed by atoms with Gasteiger partial charge in [-0.05, 0) is 53.0 Å². The number of hydrogen-bond donors (Lipinski definition) is 0. The number of pyridine rings is 1. The van der Waals surface area contributed by atoms with Gasteiger partial charge in [-0.15, -0.1) is 0 Å². The van der Waals surface area contributed by atoms with E-state index in [0.29, 0.717) is 18.2 Å². The molecule has 23 heavy (non-hydrogen) atoms. The number of imidazole rings is 1. The number of benzene rings is 1. The Kier molecular flexibility index (Phi) is 3.65. The lowest BCUT2D eigenvalue weighted by Gasteiger charge is -2.23. The molecule has 1 aliphatic carbocycles. The average molecular weight is 370 g/mol. The van der Waals surface area contributed by atoms with Crippen LogP contribution < -0.4 is 0 Å². The fourth-order valence-corrected chi connectivity index (χ4v) is 3.27. The summed E-state index contributed by atoms with van der Waals surface area (Å²) >= 11 is 3.49. The number of carbonyl (C=O) groups excluding carboxylic acids is 1. The van der Waals surface area contributed by atoms with Gasteiger partial charge in [0.2, 0.25) is 0 Å². The molecule has 0 radical (unpaired) electrons. The molecule has 0 bridgehead atoms. The Hall–Kier alpha value is -2.14. The molecule has 4 rings (SSSR count). The van der Waals surface area contributed by atoms with Gasteiger partial charge in [-0.1, -0.05) is 18.2 Å². The molecule has 0 atom stereocenters. The molecular formula is C18H16BrN3O. The molecule has 1 saturated carbocycles. The van der Waals surface area contributed by atoms with Crippen molar-refractivity contribution in [3.8, 4) is 0 Å². The van der Waals surface area contributed by atoms with Crippen molar-refractivity contribution >= 4 is 27.5 Å². The van der Waals surface area contributed by atoms with Crippen molar-refractivity contribution in [2.75, 3.05) is 0 Å². The number of rotatable bonds is 4. The van der Waals surface area contributed by atoms with Gasteiger partial charge in [-0.25, -0.2) is 4.98 Å². The number of aromatic nitrogens is 2. The minimum Gasteiger partial charge on any atom is -0.330 e. The highest BCUT2D eigenvalue weighted by Crippen LogP contribution is 2.31. The van der Waals surface area contributed by atoms with Crippen LogP contribution in [-0.4, -0.2) is 26.2 Å². The molecule has 2 heterocycles. The van der Waals surface area contributed by atoms with E-state index >= 15 is 0 Å². The van der Waals surface area contributed by atoms with E-state index in [1.807, 2.05) is 64.2 Å². The highest BCUT2D eigenvalue weighted by molar-refractivity contribution is 9.10. The maximum absolute atomic E-state index is 13.0. The Bertz CT molecular complexity index is 869. The first kappa shape index (κ1) is 14.5. The first-order chi connectivity index (χ1) is 11.2. The van der Waals surface area contributed by atoms with Crippen LogP contribution in [0, 0.1) is 0 Å². The summed E-state index contributed by atoms with van der Waals surface area (Å²) in [6.45, 7) is 0.579. The van der Waals surface area contributed by atoms with Crippen LogP contribution in [0.15, 0.2) is 59.3 Å². The molecule has 1 aliphatic rings. The summed E-state index contributed by atoms with van der Waals surface area (Å²) in [7, 11) is 0. The third-order valence-electron chi connectivity index (χ3n) is 4.18. The summed E-state index contributed by atoms with van der Waals surface area (Å²) in [5, 5.41) is 0. The number of nitrogens with zero attached hydrogens (tertiary/aromatic N) is 3. The largest absolute Gasteiger partial charge is 0.330 e. The quantitative estimate of drug-likeness (QED) is 0.699. The molecule has 0 saturated heterocycles. The molecule has 0 aliphatic heterocycles. The zero-order valence-corrected chi connectivity index (χ0v) is 14.1. The lowest BCUT2D eigenvalue weighted by Crippen LogP contribution is -2.33. The molecule has 1 amide bonds. The topological polar surface area (TPSA) is 37.6 Å². The van der Waals surface area contributed by atoms with Crippen LogP contribution in [0.4, 0.5) is 0 Å². The van der Waals surface area contributed by atoms with Crippen molar-refractivity contribution in [1.29, 1.82) is 0 Å². The number of carbonyl (C=O) groups is 1. The molecule has 4 nitrogen and oxygen atoms in total. The second-order valence-corrected chi connectivity index (χ2v) is 6.68. The van der Waals surface area contributed by atoms with Gasteiger partial charge in [0.05, 0.1) is 24.0 Å². The molecule has 116 valence electrons. The van der Waals surface area contributed by atoms with Gasteiger partial charge in [0, 0.05) is 16.7 Å².